The van der Waals surface area contributed by atoms with Crippen LogP contribution in [0, 0.1) is 0 Å². The first-order valence-electron chi connectivity index (χ1n) is 8.43. The Morgan fingerprint density at radius 2 is 2.04 bits per heavy atom. The maximum Gasteiger partial charge on any atom is 0.265 e. The predicted octanol–water partition coefficient (Wildman–Crippen LogP) is 2.11. The summed E-state index contributed by atoms with van der Waals surface area (Å²) in [7, 11) is 0. The molecule has 2 aromatic rings. The highest BCUT2D eigenvalue weighted by Gasteiger charge is 2.34. The van der Waals surface area contributed by atoms with Crippen LogP contribution in [0.3, 0.4) is 0 Å². The Labute approximate surface area is 140 Å². The number of carbonyl (C=O) groups excluding carboxylic acids is 1. The minimum atomic E-state index is -0.634. The number of para-hydroxylation sites is 2. The van der Waals surface area contributed by atoms with Crippen LogP contribution in [0.4, 0.5) is 0 Å². The molecule has 0 spiro atoms. The zero-order valence-electron chi connectivity index (χ0n) is 13.6. The minimum Gasteiger partial charge on any atom is -0.482 e. The van der Waals surface area contributed by atoms with Crippen molar-refractivity contribution in [2.75, 3.05) is 6.54 Å². The van der Waals surface area contributed by atoms with E-state index in [0.29, 0.717) is 24.0 Å². The van der Waals surface area contributed by atoms with Crippen LogP contribution in [0.5, 0.6) is 11.5 Å². The Bertz CT molecular complexity index is 739. The molecule has 2 atom stereocenters. The average Bonchev–Trinajstić information content (AvgIpc) is 3.33. The molecule has 1 aliphatic carbocycles. The van der Waals surface area contributed by atoms with E-state index < -0.39 is 6.10 Å². The standard InChI is InChI=1S/C18H21N3O3/c1-12-16(24-15-5-3-2-4-14(15)23-12)18(22)20-9-11-21-10-8-19-17(21)13-6-7-13/h2-5,8,10,12-13,16H,6-7,9,11H2,1H3,(H,20,22). The van der Waals surface area contributed by atoms with Crippen molar-refractivity contribution in [3.05, 3.63) is 42.5 Å². The molecule has 1 aromatic heterocycles. The minimum absolute atomic E-state index is 0.148. The Morgan fingerprint density at radius 3 is 2.79 bits per heavy atom. The first kappa shape index (κ1) is 15.1. The summed E-state index contributed by atoms with van der Waals surface area (Å²) in [5.41, 5.74) is 0. The highest BCUT2D eigenvalue weighted by Crippen LogP contribution is 2.38. The van der Waals surface area contributed by atoms with Gasteiger partial charge in [0.2, 0.25) is 6.10 Å². The molecule has 1 N–H and O–H groups in total. The molecule has 1 aliphatic heterocycles. The van der Waals surface area contributed by atoms with E-state index in [9.17, 15) is 4.79 Å². The summed E-state index contributed by atoms with van der Waals surface area (Å²) in [6, 6.07) is 7.41. The summed E-state index contributed by atoms with van der Waals surface area (Å²) in [4.78, 5) is 16.8. The monoisotopic (exact) mass is 327 g/mol. The van der Waals surface area contributed by atoms with E-state index in [4.69, 9.17) is 9.47 Å². The largest absolute Gasteiger partial charge is 0.482 e. The molecule has 2 heterocycles. The van der Waals surface area contributed by atoms with Crippen molar-refractivity contribution in [3.63, 3.8) is 0 Å². The van der Waals surface area contributed by atoms with Gasteiger partial charge in [-0.2, -0.15) is 0 Å². The molecule has 0 saturated heterocycles. The number of ether oxygens (including phenoxy) is 2. The molecule has 24 heavy (non-hydrogen) atoms. The van der Waals surface area contributed by atoms with Crippen molar-refractivity contribution in [2.24, 2.45) is 0 Å². The van der Waals surface area contributed by atoms with E-state index in [1.807, 2.05) is 43.6 Å². The number of hydrogen-bond donors (Lipinski definition) is 1. The number of rotatable bonds is 5. The Kier molecular flexibility index (Phi) is 3.88. The molecule has 2 aliphatic rings. The summed E-state index contributed by atoms with van der Waals surface area (Å²) in [5.74, 6) is 2.87. The molecule has 6 heteroatoms. The quantitative estimate of drug-likeness (QED) is 0.913. The van der Waals surface area contributed by atoms with Crippen LogP contribution >= 0.6 is 0 Å². The summed E-state index contributed by atoms with van der Waals surface area (Å²) in [5, 5.41) is 2.95. The topological polar surface area (TPSA) is 65.4 Å². The maximum absolute atomic E-state index is 12.4. The third-order valence-corrected chi connectivity index (χ3v) is 4.44. The van der Waals surface area contributed by atoms with Gasteiger partial charge in [-0.3, -0.25) is 4.79 Å². The average molecular weight is 327 g/mol. The number of nitrogens with one attached hydrogen (secondary N) is 1. The van der Waals surface area contributed by atoms with Crippen LogP contribution in [0.1, 0.15) is 31.5 Å². The lowest BCUT2D eigenvalue weighted by molar-refractivity contribution is -0.133. The molecule has 1 saturated carbocycles. The molecule has 0 bridgehead atoms. The van der Waals surface area contributed by atoms with Crippen LogP contribution < -0.4 is 14.8 Å². The normalized spacial score (nSPS) is 22.2. The van der Waals surface area contributed by atoms with Crippen molar-refractivity contribution in [2.45, 2.75) is 44.4 Å². The van der Waals surface area contributed by atoms with Gasteiger partial charge in [0.1, 0.15) is 11.9 Å². The van der Waals surface area contributed by atoms with E-state index in [-0.39, 0.29) is 12.0 Å². The number of benzene rings is 1. The zero-order chi connectivity index (χ0) is 16.5. The molecular weight excluding hydrogens is 306 g/mol. The fourth-order valence-corrected chi connectivity index (χ4v) is 3.02. The molecule has 4 rings (SSSR count). The predicted molar refractivity (Wildman–Crippen MR) is 88.2 cm³/mol. The fourth-order valence-electron chi connectivity index (χ4n) is 3.02. The Balaban J connectivity index is 1.34. The summed E-state index contributed by atoms with van der Waals surface area (Å²) < 4.78 is 13.7. The fraction of sp³-hybridized carbons (Fsp3) is 0.444. The van der Waals surface area contributed by atoms with Gasteiger partial charge in [-0.15, -0.1) is 0 Å². The van der Waals surface area contributed by atoms with E-state index in [1.165, 1.54) is 12.8 Å². The second kappa shape index (κ2) is 6.19. The van der Waals surface area contributed by atoms with Crippen LogP contribution in [0.2, 0.25) is 0 Å². The third kappa shape index (κ3) is 2.96. The second-order valence-electron chi connectivity index (χ2n) is 6.35. The SMILES string of the molecule is CC1Oc2ccccc2OC1C(=O)NCCn1ccnc1C1CC1. The number of aromatic nitrogens is 2. The zero-order valence-corrected chi connectivity index (χ0v) is 13.6. The molecular formula is C18H21N3O3. The van der Waals surface area contributed by atoms with E-state index in [2.05, 4.69) is 14.9 Å². The van der Waals surface area contributed by atoms with E-state index in [0.717, 1.165) is 12.4 Å². The van der Waals surface area contributed by atoms with Crippen LogP contribution in [-0.2, 0) is 11.3 Å². The van der Waals surface area contributed by atoms with Crippen molar-refractivity contribution in [3.8, 4) is 11.5 Å². The van der Waals surface area contributed by atoms with Gasteiger partial charge < -0.3 is 19.4 Å². The Hall–Kier alpha value is -2.50. The van der Waals surface area contributed by atoms with Gasteiger partial charge in [0.05, 0.1) is 0 Å². The summed E-state index contributed by atoms with van der Waals surface area (Å²) >= 11 is 0. The van der Waals surface area contributed by atoms with Gasteiger partial charge in [-0.1, -0.05) is 12.1 Å². The molecule has 126 valence electrons. The lowest BCUT2D eigenvalue weighted by Gasteiger charge is -2.31. The number of carbonyl (C=O) groups is 1. The first-order valence-corrected chi connectivity index (χ1v) is 8.43. The van der Waals surface area contributed by atoms with Crippen molar-refractivity contribution in [1.29, 1.82) is 0 Å². The van der Waals surface area contributed by atoms with Crippen LogP contribution in [0.25, 0.3) is 0 Å². The number of nitrogens with zero attached hydrogens (tertiary/aromatic N) is 2. The van der Waals surface area contributed by atoms with Crippen molar-refractivity contribution in [1.82, 2.24) is 14.9 Å². The highest BCUT2D eigenvalue weighted by molar-refractivity contribution is 5.82. The van der Waals surface area contributed by atoms with E-state index >= 15 is 0 Å². The summed E-state index contributed by atoms with van der Waals surface area (Å²) in [6.07, 6.45) is 5.27. The van der Waals surface area contributed by atoms with Crippen molar-refractivity contribution >= 4 is 5.91 Å². The highest BCUT2D eigenvalue weighted by atomic mass is 16.6. The molecule has 1 amide bonds. The molecule has 0 radical (unpaired) electrons. The second-order valence-corrected chi connectivity index (χ2v) is 6.35. The number of imidazole rings is 1. The maximum atomic E-state index is 12.4. The molecule has 6 nitrogen and oxygen atoms in total. The number of amides is 1. The van der Waals surface area contributed by atoms with Gasteiger partial charge in [-0.25, -0.2) is 4.98 Å². The third-order valence-electron chi connectivity index (χ3n) is 4.44. The van der Waals surface area contributed by atoms with Gasteiger partial charge in [0.15, 0.2) is 11.5 Å². The lowest BCUT2D eigenvalue weighted by Crippen LogP contribution is -2.49. The lowest BCUT2D eigenvalue weighted by atomic mass is 10.1. The van der Waals surface area contributed by atoms with Gasteiger partial charge in [0, 0.05) is 31.4 Å². The molecule has 2 unspecified atom stereocenters. The van der Waals surface area contributed by atoms with Gasteiger partial charge in [-0.05, 0) is 31.9 Å². The van der Waals surface area contributed by atoms with Gasteiger partial charge in [0.25, 0.3) is 5.91 Å². The van der Waals surface area contributed by atoms with Gasteiger partial charge >= 0.3 is 0 Å². The van der Waals surface area contributed by atoms with Crippen molar-refractivity contribution < 1.29 is 14.3 Å². The smallest absolute Gasteiger partial charge is 0.265 e. The van der Waals surface area contributed by atoms with E-state index in [1.54, 1.807) is 0 Å². The van der Waals surface area contributed by atoms with Crippen LogP contribution in [-0.4, -0.2) is 34.2 Å². The number of hydrogen-bond acceptors (Lipinski definition) is 4. The molecule has 1 aromatic carbocycles. The molecule has 1 fully saturated rings. The number of fused-ring (bicyclic) bond motifs is 1. The first-order chi connectivity index (χ1) is 11.7. The van der Waals surface area contributed by atoms with Crippen LogP contribution in [0.15, 0.2) is 36.7 Å². The summed E-state index contributed by atoms with van der Waals surface area (Å²) in [6.45, 7) is 3.11. The Morgan fingerprint density at radius 1 is 1.29 bits per heavy atom.